The van der Waals surface area contributed by atoms with Crippen LogP contribution in [0.2, 0.25) is 0 Å². The summed E-state index contributed by atoms with van der Waals surface area (Å²) in [6, 6.07) is 6.72. The highest BCUT2D eigenvalue weighted by Crippen LogP contribution is 2.30. The number of sulfonamides is 1. The highest BCUT2D eigenvalue weighted by molar-refractivity contribution is 7.90. The first-order valence-corrected chi connectivity index (χ1v) is 11.5. The molecule has 2 fully saturated rings. The van der Waals surface area contributed by atoms with E-state index in [4.69, 9.17) is 4.74 Å². The number of carbonyl (C=O) groups excluding carboxylic acids is 2. The van der Waals surface area contributed by atoms with Crippen molar-refractivity contribution < 1.29 is 22.7 Å². The van der Waals surface area contributed by atoms with Gasteiger partial charge in [0.05, 0.1) is 5.92 Å². The third-order valence-corrected chi connectivity index (χ3v) is 7.05. The van der Waals surface area contributed by atoms with Crippen LogP contribution in [-0.4, -0.2) is 68.2 Å². The van der Waals surface area contributed by atoms with Gasteiger partial charge in [0.2, 0.25) is 0 Å². The van der Waals surface area contributed by atoms with Gasteiger partial charge in [0.15, 0.2) is 11.9 Å². The number of hydrogen-bond acceptors (Lipinski definition) is 6. The molecule has 2 atom stereocenters. The minimum absolute atomic E-state index is 0.149. The van der Waals surface area contributed by atoms with Gasteiger partial charge in [0.25, 0.3) is 15.9 Å². The summed E-state index contributed by atoms with van der Waals surface area (Å²) in [6.45, 7) is 3.99. The van der Waals surface area contributed by atoms with E-state index in [-0.39, 0.29) is 10.8 Å². The first kappa shape index (κ1) is 19.9. The first-order chi connectivity index (χ1) is 13.9. The number of amides is 1. The van der Waals surface area contributed by atoms with Crippen molar-refractivity contribution in [3.05, 3.63) is 29.8 Å². The third-order valence-electron chi connectivity index (χ3n) is 5.73. The Kier molecular flexibility index (Phi) is 5.33. The molecule has 0 unspecified atom stereocenters. The average Bonchev–Trinajstić information content (AvgIpc) is 3.34. The molecule has 1 aromatic rings. The normalized spacial score (nSPS) is 24.0. The Balaban J connectivity index is 1.44. The second-order valence-electron chi connectivity index (χ2n) is 7.78. The summed E-state index contributed by atoms with van der Waals surface area (Å²) in [5.74, 6) is -0.594. The van der Waals surface area contributed by atoms with Gasteiger partial charge in [-0.1, -0.05) is 12.1 Å². The molecule has 0 spiro atoms. The van der Waals surface area contributed by atoms with Crippen molar-refractivity contribution in [3.63, 3.8) is 0 Å². The summed E-state index contributed by atoms with van der Waals surface area (Å²) < 4.78 is 34.1. The molecule has 0 bridgehead atoms. The van der Waals surface area contributed by atoms with Crippen LogP contribution in [0.5, 0.6) is 0 Å². The molecule has 156 valence electrons. The van der Waals surface area contributed by atoms with E-state index in [0.717, 1.165) is 19.3 Å². The molecular weight excluding hydrogens is 394 g/mol. The minimum Gasteiger partial charge on any atom is -0.452 e. The number of amidine groups is 1. The van der Waals surface area contributed by atoms with Gasteiger partial charge >= 0.3 is 5.97 Å². The van der Waals surface area contributed by atoms with Crippen molar-refractivity contribution in [1.29, 1.82) is 0 Å². The number of ether oxygens (including phenoxy) is 1. The maximum absolute atomic E-state index is 12.7. The summed E-state index contributed by atoms with van der Waals surface area (Å²) >= 11 is 0. The van der Waals surface area contributed by atoms with Crippen LogP contribution in [0.1, 0.15) is 38.2 Å². The number of hydrogen-bond donors (Lipinski definition) is 0. The van der Waals surface area contributed by atoms with Crippen LogP contribution < -0.4 is 0 Å². The highest BCUT2D eigenvalue weighted by Gasteiger charge is 2.36. The molecule has 29 heavy (non-hydrogen) atoms. The van der Waals surface area contributed by atoms with Crippen LogP contribution >= 0.6 is 0 Å². The lowest BCUT2D eigenvalue weighted by Crippen LogP contribution is -2.44. The fourth-order valence-corrected chi connectivity index (χ4v) is 5.42. The lowest BCUT2D eigenvalue weighted by molar-refractivity contribution is -0.163. The van der Waals surface area contributed by atoms with Gasteiger partial charge in [-0.15, -0.1) is 4.40 Å². The molecule has 1 amide bonds. The Bertz CT molecular complexity index is 953. The van der Waals surface area contributed by atoms with E-state index < -0.39 is 28.0 Å². The summed E-state index contributed by atoms with van der Waals surface area (Å²) in [5.41, 5.74) is 0.569. The van der Waals surface area contributed by atoms with Crippen molar-refractivity contribution in [1.82, 2.24) is 9.80 Å². The van der Waals surface area contributed by atoms with E-state index in [1.807, 2.05) is 4.90 Å². The second-order valence-corrected chi connectivity index (χ2v) is 9.36. The molecule has 3 aliphatic rings. The first-order valence-electron chi connectivity index (χ1n) is 10.1. The van der Waals surface area contributed by atoms with E-state index in [9.17, 15) is 18.0 Å². The number of likely N-dealkylation sites (tertiary alicyclic amines) is 2. The van der Waals surface area contributed by atoms with E-state index in [0.29, 0.717) is 44.0 Å². The van der Waals surface area contributed by atoms with Gasteiger partial charge in [0.1, 0.15) is 4.90 Å². The molecule has 3 aliphatic heterocycles. The largest absolute Gasteiger partial charge is 0.452 e. The maximum atomic E-state index is 12.7. The third kappa shape index (κ3) is 3.88. The van der Waals surface area contributed by atoms with Gasteiger partial charge in [-0.2, -0.15) is 8.42 Å². The van der Waals surface area contributed by atoms with Gasteiger partial charge in [-0.05, 0) is 44.7 Å². The van der Waals surface area contributed by atoms with Gasteiger partial charge in [-0.3, -0.25) is 9.59 Å². The summed E-state index contributed by atoms with van der Waals surface area (Å²) in [6.07, 6.45) is 2.52. The molecule has 4 rings (SSSR count). The van der Waals surface area contributed by atoms with Crippen LogP contribution in [0.25, 0.3) is 0 Å². The van der Waals surface area contributed by atoms with Crippen molar-refractivity contribution in [2.24, 2.45) is 10.3 Å². The Labute approximate surface area is 170 Å². The molecular formula is C20H25N3O5S. The topological polar surface area (TPSA) is 96.3 Å². The second kappa shape index (κ2) is 7.78. The summed E-state index contributed by atoms with van der Waals surface area (Å²) in [4.78, 5) is 28.9. The smallest absolute Gasteiger partial charge is 0.311 e. The zero-order chi connectivity index (χ0) is 20.6. The van der Waals surface area contributed by atoms with Crippen molar-refractivity contribution in [2.45, 2.75) is 43.6 Å². The highest BCUT2D eigenvalue weighted by atomic mass is 32.2. The molecule has 9 heteroatoms. The van der Waals surface area contributed by atoms with E-state index in [2.05, 4.69) is 4.40 Å². The van der Waals surface area contributed by atoms with Crippen LogP contribution in [0.4, 0.5) is 0 Å². The molecule has 0 radical (unpaired) electrons. The average molecular weight is 420 g/mol. The summed E-state index contributed by atoms with van der Waals surface area (Å²) in [7, 11) is -3.70. The quantitative estimate of drug-likeness (QED) is 0.687. The number of esters is 1. The van der Waals surface area contributed by atoms with Crippen LogP contribution in [0.3, 0.4) is 0 Å². The van der Waals surface area contributed by atoms with Crippen molar-refractivity contribution in [2.75, 3.05) is 26.2 Å². The van der Waals surface area contributed by atoms with Gasteiger partial charge < -0.3 is 14.5 Å². The zero-order valence-electron chi connectivity index (χ0n) is 16.4. The Hall–Kier alpha value is -2.42. The minimum atomic E-state index is -3.70. The Morgan fingerprint density at radius 2 is 1.86 bits per heavy atom. The number of rotatable bonds is 3. The van der Waals surface area contributed by atoms with Crippen LogP contribution in [0.15, 0.2) is 33.6 Å². The van der Waals surface area contributed by atoms with Crippen LogP contribution in [-0.2, 0) is 24.3 Å². The molecule has 0 aromatic heterocycles. The number of fused-ring (bicyclic) bond motifs is 1. The Morgan fingerprint density at radius 1 is 1.14 bits per heavy atom. The van der Waals surface area contributed by atoms with Crippen molar-refractivity contribution >= 4 is 27.7 Å². The fourth-order valence-electron chi connectivity index (χ4n) is 4.19. The Morgan fingerprint density at radius 3 is 2.62 bits per heavy atom. The zero-order valence-corrected chi connectivity index (χ0v) is 17.2. The van der Waals surface area contributed by atoms with Gasteiger partial charge in [-0.25, -0.2) is 0 Å². The number of piperidine rings is 1. The molecule has 1 aromatic carbocycles. The number of benzene rings is 1. The summed E-state index contributed by atoms with van der Waals surface area (Å²) in [5, 5.41) is 0. The molecule has 3 heterocycles. The maximum Gasteiger partial charge on any atom is 0.311 e. The van der Waals surface area contributed by atoms with Crippen LogP contribution in [0, 0.1) is 5.92 Å². The molecule has 0 N–H and O–H groups in total. The lowest BCUT2D eigenvalue weighted by atomic mass is 9.97. The standard InChI is InChI=1S/C20H25N3O5S/c1-14(19(24)22-10-4-5-11-22)28-20(25)15-7-6-12-23(13-15)18-16-8-2-3-9-17(16)29(26,27)21-18/h2-3,8-9,14-15H,4-7,10-13H2,1H3/t14-,15-/m1/s1. The predicted octanol–water partition coefficient (Wildman–Crippen LogP) is 1.40. The van der Waals surface area contributed by atoms with Gasteiger partial charge in [0, 0.05) is 31.7 Å². The van der Waals surface area contributed by atoms with E-state index in [1.165, 1.54) is 0 Å². The number of nitrogens with zero attached hydrogens (tertiary/aromatic N) is 3. The molecule has 0 aliphatic carbocycles. The SMILES string of the molecule is C[C@@H](OC(=O)[C@@H]1CCCN(C2=NS(=O)(=O)c3ccccc32)C1)C(=O)N1CCCC1. The lowest BCUT2D eigenvalue weighted by Gasteiger charge is -2.33. The fraction of sp³-hybridized carbons (Fsp3) is 0.550. The van der Waals surface area contributed by atoms with E-state index in [1.54, 1.807) is 36.1 Å². The van der Waals surface area contributed by atoms with E-state index >= 15 is 0 Å². The van der Waals surface area contributed by atoms with Crippen molar-refractivity contribution in [3.8, 4) is 0 Å². The molecule has 2 saturated heterocycles. The number of carbonyl (C=O) groups is 2. The molecule has 8 nitrogen and oxygen atoms in total. The molecule has 0 saturated carbocycles. The monoisotopic (exact) mass is 419 g/mol. The predicted molar refractivity (Wildman–Crippen MR) is 106 cm³/mol.